The van der Waals surface area contributed by atoms with Crippen molar-refractivity contribution in [3.05, 3.63) is 53.7 Å². The van der Waals surface area contributed by atoms with Crippen LogP contribution in [0.3, 0.4) is 0 Å². The van der Waals surface area contributed by atoms with Gasteiger partial charge in [0.25, 0.3) is 11.7 Å². The normalized spacial score (nSPS) is 14.4. The van der Waals surface area contributed by atoms with E-state index in [1.165, 1.54) is 18.3 Å². The van der Waals surface area contributed by atoms with E-state index in [0.717, 1.165) is 18.7 Å². The van der Waals surface area contributed by atoms with Crippen molar-refractivity contribution < 1.29 is 23.1 Å². The third kappa shape index (κ3) is 7.57. The van der Waals surface area contributed by atoms with E-state index < -0.39 is 11.7 Å². The quantitative estimate of drug-likeness (QED) is 0.572. The minimum atomic E-state index is -2.66. The van der Waals surface area contributed by atoms with Gasteiger partial charge < -0.3 is 15.4 Å². The van der Waals surface area contributed by atoms with Crippen molar-refractivity contribution in [3.8, 4) is 0 Å². The molecule has 0 bridgehead atoms. The molecular weight excluding hydrogens is 426 g/mol. The third-order valence-corrected chi connectivity index (χ3v) is 5.37. The van der Waals surface area contributed by atoms with Crippen LogP contribution in [-0.2, 0) is 16.1 Å². The highest BCUT2D eigenvalue weighted by Crippen LogP contribution is 2.26. The summed E-state index contributed by atoms with van der Waals surface area (Å²) in [5.41, 5.74) is 1.50. The van der Waals surface area contributed by atoms with Crippen LogP contribution in [0.15, 0.2) is 47.6 Å². The first-order chi connectivity index (χ1) is 15.0. The fraction of sp³-hybridized carbons (Fsp3) is 0.381. The Hall–Kier alpha value is -2.56. The highest BCUT2D eigenvalue weighted by Gasteiger charge is 2.16. The predicted molar refractivity (Wildman–Crippen MR) is 114 cm³/mol. The number of alkyl halides is 2. The van der Waals surface area contributed by atoms with Crippen LogP contribution in [0.5, 0.6) is 0 Å². The van der Waals surface area contributed by atoms with Gasteiger partial charge in [-0.05, 0) is 41.6 Å². The maximum Gasteiger partial charge on any atom is 0.290 e. The number of hydrogen-bond donors (Lipinski definition) is 2. The van der Waals surface area contributed by atoms with Gasteiger partial charge in [-0.3, -0.25) is 14.5 Å². The number of amides is 2. The van der Waals surface area contributed by atoms with Gasteiger partial charge >= 0.3 is 0 Å². The summed E-state index contributed by atoms with van der Waals surface area (Å²) in [4.78, 5) is 30.7. The SMILES string of the molecule is O=C(CCN1CCOCC1)Nc1cccc(CNC(=O)c2cccnc2SC(F)F)c1. The first-order valence-corrected chi connectivity index (χ1v) is 10.8. The van der Waals surface area contributed by atoms with Crippen molar-refractivity contribution >= 4 is 29.3 Å². The monoisotopic (exact) mass is 450 g/mol. The van der Waals surface area contributed by atoms with E-state index in [9.17, 15) is 18.4 Å². The number of ether oxygens (including phenoxy) is 1. The molecule has 0 aliphatic carbocycles. The summed E-state index contributed by atoms with van der Waals surface area (Å²) in [6, 6.07) is 10.1. The van der Waals surface area contributed by atoms with Crippen LogP contribution >= 0.6 is 11.8 Å². The summed E-state index contributed by atoms with van der Waals surface area (Å²) in [6.45, 7) is 3.90. The maximum atomic E-state index is 12.7. The van der Waals surface area contributed by atoms with Crippen LogP contribution in [0.1, 0.15) is 22.3 Å². The van der Waals surface area contributed by atoms with Gasteiger partial charge in [-0.1, -0.05) is 12.1 Å². The summed E-state index contributed by atoms with van der Waals surface area (Å²) in [7, 11) is 0. The number of carbonyl (C=O) groups is 2. The molecule has 166 valence electrons. The van der Waals surface area contributed by atoms with Gasteiger partial charge in [-0.15, -0.1) is 0 Å². The lowest BCUT2D eigenvalue weighted by Gasteiger charge is -2.26. The van der Waals surface area contributed by atoms with E-state index in [1.807, 2.05) is 6.07 Å². The van der Waals surface area contributed by atoms with Crippen molar-refractivity contribution in [2.75, 3.05) is 38.2 Å². The smallest absolute Gasteiger partial charge is 0.290 e. The van der Waals surface area contributed by atoms with E-state index in [1.54, 1.807) is 18.2 Å². The molecule has 31 heavy (non-hydrogen) atoms. The number of aromatic nitrogens is 1. The molecule has 0 spiro atoms. The van der Waals surface area contributed by atoms with E-state index in [2.05, 4.69) is 20.5 Å². The van der Waals surface area contributed by atoms with Crippen molar-refractivity contribution in [3.63, 3.8) is 0 Å². The van der Waals surface area contributed by atoms with Crippen LogP contribution in [0, 0.1) is 0 Å². The van der Waals surface area contributed by atoms with E-state index in [0.29, 0.717) is 31.9 Å². The van der Waals surface area contributed by atoms with Gasteiger partial charge in [-0.2, -0.15) is 8.78 Å². The van der Waals surface area contributed by atoms with E-state index in [-0.39, 0.29) is 34.8 Å². The van der Waals surface area contributed by atoms with Crippen molar-refractivity contribution in [1.29, 1.82) is 0 Å². The maximum absolute atomic E-state index is 12.7. The molecule has 1 aliphatic rings. The van der Waals surface area contributed by atoms with Crippen LogP contribution in [-0.4, -0.2) is 60.3 Å². The van der Waals surface area contributed by atoms with E-state index >= 15 is 0 Å². The molecule has 0 atom stereocenters. The molecule has 1 aliphatic heterocycles. The summed E-state index contributed by atoms with van der Waals surface area (Å²) in [6.07, 6.45) is 1.75. The Morgan fingerprint density at radius 3 is 2.77 bits per heavy atom. The lowest BCUT2D eigenvalue weighted by atomic mass is 10.2. The predicted octanol–water partition coefficient (Wildman–Crippen LogP) is 2.99. The molecule has 0 saturated carbocycles. The molecule has 1 aromatic carbocycles. The summed E-state index contributed by atoms with van der Waals surface area (Å²) in [5.74, 6) is -3.24. The standard InChI is InChI=1S/C21H24F2N4O3S/c22-21(23)31-20-17(5-2-7-24-20)19(29)25-14-15-3-1-4-16(13-15)26-18(28)6-8-27-9-11-30-12-10-27/h1-5,7,13,21H,6,8-12,14H2,(H,25,29)(H,26,28). The average molecular weight is 451 g/mol. The molecule has 2 heterocycles. The third-order valence-electron chi connectivity index (χ3n) is 4.64. The fourth-order valence-electron chi connectivity index (χ4n) is 3.09. The van der Waals surface area contributed by atoms with Gasteiger partial charge in [0.1, 0.15) is 5.03 Å². The second kappa shape index (κ2) is 11.7. The first-order valence-electron chi connectivity index (χ1n) is 9.88. The minimum Gasteiger partial charge on any atom is -0.379 e. The number of nitrogens with zero attached hydrogens (tertiary/aromatic N) is 2. The molecule has 0 radical (unpaired) electrons. The molecule has 2 aromatic rings. The molecule has 1 aromatic heterocycles. The minimum absolute atomic E-state index is 0.0173. The second-order valence-electron chi connectivity index (χ2n) is 6.87. The molecular formula is C21H24F2N4O3S. The van der Waals surface area contributed by atoms with Crippen molar-refractivity contribution in [1.82, 2.24) is 15.2 Å². The summed E-state index contributed by atoms with van der Waals surface area (Å²) in [5, 5.41) is 5.56. The van der Waals surface area contributed by atoms with Crippen LogP contribution in [0.4, 0.5) is 14.5 Å². The topological polar surface area (TPSA) is 83.6 Å². The molecule has 3 rings (SSSR count). The zero-order valence-electron chi connectivity index (χ0n) is 16.9. The number of pyridine rings is 1. The Morgan fingerprint density at radius 1 is 1.19 bits per heavy atom. The van der Waals surface area contributed by atoms with Gasteiger partial charge in [0, 0.05) is 44.5 Å². The van der Waals surface area contributed by atoms with Gasteiger partial charge in [-0.25, -0.2) is 4.98 Å². The Labute approximate surface area is 183 Å². The Morgan fingerprint density at radius 2 is 2.00 bits per heavy atom. The van der Waals surface area contributed by atoms with Crippen molar-refractivity contribution in [2.45, 2.75) is 23.7 Å². The fourth-order valence-corrected chi connectivity index (χ4v) is 3.66. The number of rotatable bonds is 9. The molecule has 7 nitrogen and oxygen atoms in total. The number of thioether (sulfide) groups is 1. The van der Waals surface area contributed by atoms with Gasteiger partial charge in [0.15, 0.2) is 0 Å². The Balaban J connectivity index is 1.51. The lowest BCUT2D eigenvalue weighted by Crippen LogP contribution is -2.38. The number of morpholine rings is 1. The number of benzene rings is 1. The summed E-state index contributed by atoms with van der Waals surface area (Å²) >= 11 is 0.236. The second-order valence-corrected chi connectivity index (χ2v) is 7.85. The molecule has 0 unspecified atom stereocenters. The van der Waals surface area contributed by atoms with Crippen LogP contribution < -0.4 is 10.6 Å². The Kier molecular flexibility index (Phi) is 8.74. The van der Waals surface area contributed by atoms with E-state index in [4.69, 9.17) is 4.74 Å². The molecule has 2 N–H and O–H groups in total. The number of nitrogens with one attached hydrogen (secondary N) is 2. The largest absolute Gasteiger partial charge is 0.379 e. The zero-order chi connectivity index (χ0) is 22.1. The molecule has 1 fully saturated rings. The number of anilines is 1. The van der Waals surface area contributed by atoms with Crippen LogP contribution in [0.25, 0.3) is 0 Å². The number of carbonyl (C=O) groups excluding carboxylic acids is 2. The lowest BCUT2D eigenvalue weighted by molar-refractivity contribution is -0.116. The Bertz CT molecular complexity index is 894. The van der Waals surface area contributed by atoms with Gasteiger partial charge in [0.05, 0.1) is 18.8 Å². The zero-order valence-corrected chi connectivity index (χ0v) is 17.7. The molecule has 1 saturated heterocycles. The first kappa shape index (κ1) is 23.1. The van der Waals surface area contributed by atoms with Crippen molar-refractivity contribution in [2.24, 2.45) is 0 Å². The highest BCUT2D eigenvalue weighted by molar-refractivity contribution is 7.99. The molecule has 2 amide bonds. The molecule has 10 heteroatoms. The van der Waals surface area contributed by atoms with Gasteiger partial charge in [0.2, 0.25) is 5.91 Å². The van der Waals surface area contributed by atoms with Crippen LogP contribution in [0.2, 0.25) is 0 Å². The highest BCUT2D eigenvalue weighted by atomic mass is 32.2. The number of halogens is 2. The summed E-state index contributed by atoms with van der Waals surface area (Å²) < 4.78 is 30.6. The number of hydrogen-bond acceptors (Lipinski definition) is 6. The average Bonchev–Trinajstić information content (AvgIpc) is 2.77.